The van der Waals surface area contributed by atoms with E-state index in [9.17, 15) is 4.39 Å². The Morgan fingerprint density at radius 3 is 2.80 bits per heavy atom. The molecule has 0 aromatic heterocycles. The first-order valence-corrected chi connectivity index (χ1v) is 4.11. The Morgan fingerprint density at radius 2 is 2.10 bits per heavy atom. The highest BCUT2D eigenvalue weighted by Crippen LogP contribution is 2.36. The fraction of sp³-hybridized carbons (Fsp3) is 1.00. The number of halogens is 1. The number of rotatable bonds is 0. The van der Waals surface area contributed by atoms with Gasteiger partial charge in [0.15, 0.2) is 0 Å². The van der Waals surface area contributed by atoms with E-state index in [-0.39, 0.29) is 11.6 Å². The van der Waals surface area contributed by atoms with Crippen molar-refractivity contribution in [3.8, 4) is 0 Å². The Kier molecular flexibility index (Phi) is 1.28. The highest BCUT2D eigenvalue weighted by atomic mass is 19.1. The van der Waals surface area contributed by atoms with Crippen LogP contribution in [0.3, 0.4) is 0 Å². The van der Waals surface area contributed by atoms with E-state index >= 15 is 0 Å². The predicted molar refractivity (Wildman–Crippen MR) is 38.7 cm³/mol. The molecule has 2 heteroatoms. The molecule has 2 bridgehead atoms. The van der Waals surface area contributed by atoms with E-state index in [1.165, 1.54) is 0 Å². The summed E-state index contributed by atoms with van der Waals surface area (Å²) in [7, 11) is 0. The van der Waals surface area contributed by atoms with E-state index in [1.54, 1.807) is 0 Å². The molecule has 2 rings (SSSR count). The van der Waals surface area contributed by atoms with Gasteiger partial charge in [-0.3, -0.25) is 0 Å². The first-order valence-electron chi connectivity index (χ1n) is 4.11. The second-order valence-corrected chi connectivity index (χ2v) is 3.90. The summed E-state index contributed by atoms with van der Waals surface area (Å²) in [6.07, 6.45) is 3.42. The monoisotopic (exact) mass is 143 g/mol. The van der Waals surface area contributed by atoms with Crippen LogP contribution in [0, 0.1) is 0 Å². The van der Waals surface area contributed by atoms with E-state index in [0.29, 0.717) is 0 Å². The van der Waals surface area contributed by atoms with Crippen LogP contribution in [0.25, 0.3) is 0 Å². The number of fused-ring (bicyclic) bond motifs is 2. The molecule has 2 fully saturated rings. The topological polar surface area (TPSA) is 12.0 Å². The third-order valence-corrected chi connectivity index (χ3v) is 2.95. The third kappa shape index (κ3) is 0.858. The van der Waals surface area contributed by atoms with E-state index in [0.717, 1.165) is 25.7 Å². The van der Waals surface area contributed by atoms with E-state index < -0.39 is 6.17 Å². The Labute approximate surface area is 61.0 Å². The SMILES string of the molecule is C[C@@]12CC[C@@H](F)[C@@H](CC1)N2. The van der Waals surface area contributed by atoms with Gasteiger partial charge in [0.25, 0.3) is 0 Å². The minimum atomic E-state index is -0.574. The maximum atomic E-state index is 13.0. The van der Waals surface area contributed by atoms with Gasteiger partial charge in [-0.25, -0.2) is 4.39 Å². The Bertz CT molecular complexity index is 148. The van der Waals surface area contributed by atoms with Crippen molar-refractivity contribution >= 4 is 0 Å². The molecular formula is C8H14FN. The molecule has 3 atom stereocenters. The summed E-state index contributed by atoms with van der Waals surface area (Å²) >= 11 is 0. The van der Waals surface area contributed by atoms with Gasteiger partial charge in [-0.1, -0.05) is 0 Å². The Morgan fingerprint density at radius 1 is 1.40 bits per heavy atom. The van der Waals surface area contributed by atoms with E-state index in [1.807, 2.05) is 0 Å². The summed E-state index contributed by atoms with van der Waals surface area (Å²) < 4.78 is 13.0. The Hall–Kier alpha value is -0.110. The molecule has 0 aromatic carbocycles. The van der Waals surface area contributed by atoms with Gasteiger partial charge in [-0.2, -0.15) is 0 Å². The van der Waals surface area contributed by atoms with Crippen molar-refractivity contribution in [2.75, 3.05) is 0 Å². The quantitative estimate of drug-likeness (QED) is 0.543. The number of hydrogen-bond donors (Lipinski definition) is 1. The molecule has 2 heterocycles. The van der Waals surface area contributed by atoms with Crippen molar-refractivity contribution in [1.29, 1.82) is 0 Å². The van der Waals surface area contributed by atoms with Crippen LogP contribution in [0.5, 0.6) is 0 Å². The fourth-order valence-corrected chi connectivity index (χ4v) is 2.19. The number of alkyl halides is 1. The molecule has 2 aliphatic heterocycles. The molecule has 0 radical (unpaired) electrons. The van der Waals surface area contributed by atoms with Crippen LogP contribution in [-0.4, -0.2) is 17.8 Å². The zero-order valence-corrected chi connectivity index (χ0v) is 6.36. The molecule has 1 N–H and O–H groups in total. The standard InChI is InChI=1S/C8H14FN/c1-8-4-2-6(9)7(10-8)3-5-8/h6-7,10H,2-5H2,1H3/t6-,7-,8-/m1/s1. The second kappa shape index (κ2) is 1.94. The van der Waals surface area contributed by atoms with Gasteiger partial charge in [0.2, 0.25) is 0 Å². The maximum absolute atomic E-state index is 13.0. The van der Waals surface area contributed by atoms with E-state index in [4.69, 9.17) is 0 Å². The van der Waals surface area contributed by atoms with Crippen LogP contribution < -0.4 is 5.32 Å². The zero-order chi connectivity index (χ0) is 7.19. The van der Waals surface area contributed by atoms with Crippen LogP contribution in [0.2, 0.25) is 0 Å². The van der Waals surface area contributed by atoms with Crippen molar-refractivity contribution in [3.63, 3.8) is 0 Å². The molecule has 2 saturated heterocycles. The van der Waals surface area contributed by atoms with Crippen LogP contribution in [0.4, 0.5) is 4.39 Å². The van der Waals surface area contributed by atoms with Crippen molar-refractivity contribution in [2.24, 2.45) is 0 Å². The van der Waals surface area contributed by atoms with Crippen molar-refractivity contribution in [2.45, 2.75) is 50.4 Å². The molecule has 0 spiro atoms. The molecule has 0 amide bonds. The summed E-state index contributed by atoms with van der Waals surface area (Å²) in [6, 6.07) is 0.179. The van der Waals surface area contributed by atoms with Gasteiger partial charge < -0.3 is 5.32 Å². The lowest BCUT2D eigenvalue weighted by molar-refractivity contribution is 0.174. The molecule has 1 nitrogen and oxygen atoms in total. The number of hydrogen-bond acceptors (Lipinski definition) is 1. The van der Waals surface area contributed by atoms with Crippen LogP contribution in [0.1, 0.15) is 32.6 Å². The van der Waals surface area contributed by atoms with Crippen molar-refractivity contribution in [1.82, 2.24) is 5.32 Å². The summed E-state index contributed by atoms with van der Waals surface area (Å²) in [4.78, 5) is 0. The van der Waals surface area contributed by atoms with Crippen LogP contribution >= 0.6 is 0 Å². The average molecular weight is 143 g/mol. The molecule has 2 aliphatic rings. The zero-order valence-electron chi connectivity index (χ0n) is 6.36. The average Bonchev–Trinajstić information content (AvgIpc) is 2.23. The minimum Gasteiger partial charge on any atom is -0.306 e. The van der Waals surface area contributed by atoms with Crippen LogP contribution in [-0.2, 0) is 0 Å². The fourth-order valence-electron chi connectivity index (χ4n) is 2.19. The maximum Gasteiger partial charge on any atom is 0.115 e. The molecule has 0 unspecified atom stereocenters. The van der Waals surface area contributed by atoms with Gasteiger partial charge in [0.05, 0.1) is 0 Å². The molecule has 58 valence electrons. The van der Waals surface area contributed by atoms with E-state index in [2.05, 4.69) is 12.2 Å². The summed E-state index contributed by atoms with van der Waals surface area (Å²) in [6.45, 7) is 2.21. The Balaban J connectivity index is 2.12. The van der Waals surface area contributed by atoms with Crippen LogP contribution in [0.15, 0.2) is 0 Å². The first-order chi connectivity index (χ1) is 4.70. The van der Waals surface area contributed by atoms with Gasteiger partial charge in [-0.15, -0.1) is 0 Å². The lowest BCUT2D eigenvalue weighted by Crippen LogP contribution is -2.48. The molecular weight excluding hydrogens is 129 g/mol. The first kappa shape index (κ1) is 6.59. The summed E-state index contributed by atoms with van der Waals surface area (Å²) in [5, 5.41) is 3.34. The van der Waals surface area contributed by atoms with Gasteiger partial charge in [-0.05, 0) is 32.6 Å². The highest BCUT2D eigenvalue weighted by Gasteiger charge is 2.42. The highest BCUT2D eigenvalue weighted by molar-refractivity contribution is 5.01. The normalized spacial score (nSPS) is 53.4. The summed E-state index contributed by atoms with van der Waals surface area (Å²) in [5.41, 5.74) is 0.285. The summed E-state index contributed by atoms with van der Waals surface area (Å²) in [5.74, 6) is 0. The second-order valence-electron chi connectivity index (χ2n) is 3.90. The smallest absolute Gasteiger partial charge is 0.115 e. The predicted octanol–water partition coefficient (Wildman–Crippen LogP) is 1.63. The third-order valence-electron chi connectivity index (χ3n) is 2.95. The largest absolute Gasteiger partial charge is 0.306 e. The van der Waals surface area contributed by atoms with Gasteiger partial charge in [0, 0.05) is 11.6 Å². The van der Waals surface area contributed by atoms with Crippen molar-refractivity contribution in [3.05, 3.63) is 0 Å². The molecule has 0 aromatic rings. The lowest BCUT2D eigenvalue weighted by Gasteiger charge is -2.32. The lowest BCUT2D eigenvalue weighted by atomic mass is 9.92. The number of piperidine rings is 1. The van der Waals surface area contributed by atoms with Gasteiger partial charge >= 0.3 is 0 Å². The molecule has 0 aliphatic carbocycles. The van der Waals surface area contributed by atoms with Gasteiger partial charge in [0.1, 0.15) is 6.17 Å². The minimum absolute atomic E-state index is 0.179. The number of nitrogens with one attached hydrogen (secondary N) is 1. The van der Waals surface area contributed by atoms with Crippen molar-refractivity contribution < 1.29 is 4.39 Å². The molecule has 10 heavy (non-hydrogen) atoms. The molecule has 0 saturated carbocycles.